The molecule has 4 heteroatoms. The normalized spacial score (nSPS) is 15.1. The van der Waals surface area contributed by atoms with Gasteiger partial charge in [-0.1, -0.05) is 6.92 Å². The van der Waals surface area contributed by atoms with Crippen LogP contribution in [0.4, 0.5) is 0 Å². The molecule has 0 saturated carbocycles. The first-order valence-corrected chi connectivity index (χ1v) is 6.64. The molecule has 0 saturated heterocycles. The fraction of sp³-hybridized carbons (Fsp3) is 0.750. The molecule has 1 aromatic heterocycles. The molecule has 0 bridgehead atoms. The summed E-state index contributed by atoms with van der Waals surface area (Å²) in [6.07, 6.45) is 0.856. The van der Waals surface area contributed by atoms with Crippen molar-refractivity contribution in [1.29, 1.82) is 0 Å². The molecule has 0 aliphatic rings. The number of aromatic nitrogens is 1. The van der Waals surface area contributed by atoms with E-state index < -0.39 is 0 Å². The van der Waals surface area contributed by atoms with Crippen LogP contribution in [0, 0.1) is 19.8 Å². The van der Waals surface area contributed by atoms with E-state index in [1.165, 1.54) is 10.6 Å². The second kappa shape index (κ2) is 6.33. The van der Waals surface area contributed by atoms with Crippen molar-refractivity contribution in [2.75, 3.05) is 13.2 Å². The number of rotatable bonds is 6. The third-order valence-electron chi connectivity index (χ3n) is 2.74. The third kappa shape index (κ3) is 3.85. The van der Waals surface area contributed by atoms with Gasteiger partial charge in [-0.15, -0.1) is 11.3 Å². The minimum Gasteiger partial charge on any atom is -0.396 e. The van der Waals surface area contributed by atoms with Crippen molar-refractivity contribution < 1.29 is 5.11 Å². The first-order valence-electron chi connectivity index (χ1n) is 5.82. The Morgan fingerprint density at radius 1 is 1.38 bits per heavy atom. The van der Waals surface area contributed by atoms with Gasteiger partial charge in [0.05, 0.1) is 10.7 Å². The van der Waals surface area contributed by atoms with Crippen LogP contribution >= 0.6 is 11.3 Å². The van der Waals surface area contributed by atoms with E-state index in [4.69, 9.17) is 5.11 Å². The predicted octanol–water partition coefficient (Wildman–Crippen LogP) is 2.43. The summed E-state index contributed by atoms with van der Waals surface area (Å²) in [4.78, 5) is 5.84. The average molecular weight is 242 g/mol. The predicted molar refractivity (Wildman–Crippen MR) is 68.9 cm³/mol. The van der Waals surface area contributed by atoms with Gasteiger partial charge in [0.25, 0.3) is 0 Å². The second-order valence-corrected chi connectivity index (χ2v) is 5.83. The van der Waals surface area contributed by atoms with Crippen LogP contribution in [0.25, 0.3) is 0 Å². The Balaban J connectivity index is 2.46. The van der Waals surface area contributed by atoms with E-state index in [0.717, 1.165) is 18.0 Å². The lowest BCUT2D eigenvalue weighted by molar-refractivity contribution is 0.258. The summed E-state index contributed by atoms with van der Waals surface area (Å²) in [7, 11) is 0. The fourth-order valence-corrected chi connectivity index (χ4v) is 2.66. The van der Waals surface area contributed by atoms with Gasteiger partial charge in [0.2, 0.25) is 0 Å². The summed E-state index contributed by atoms with van der Waals surface area (Å²) in [6, 6.07) is 0.297. The average Bonchev–Trinajstić information content (AvgIpc) is 2.55. The molecule has 1 heterocycles. The second-order valence-electron chi connectivity index (χ2n) is 4.42. The van der Waals surface area contributed by atoms with Crippen molar-refractivity contribution >= 4 is 11.3 Å². The van der Waals surface area contributed by atoms with Crippen LogP contribution in [0.1, 0.15) is 41.9 Å². The molecule has 0 aromatic carbocycles. The molecule has 1 aromatic rings. The smallest absolute Gasteiger partial charge is 0.0900 e. The number of aliphatic hydroxyl groups is 1. The summed E-state index contributed by atoms with van der Waals surface area (Å²) < 4.78 is 0. The molecule has 3 nitrogen and oxygen atoms in total. The molecular weight excluding hydrogens is 220 g/mol. The van der Waals surface area contributed by atoms with Crippen LogP contribution < -0.4 is 5.32 Å². The Morgan fingerprint density at radius 3 is 2.56 bits per heavy atom. The highest BCUT2D eigenvalue weighted by molar-refractivity contribution is 7.11. The Hall–Kier alpha value is -0.450. The molecule has 0 fully saturated rings. The standard InChI is InChI=1S/C12H22N2OS/c1-8(5-6-15)7-13-9(2)12-10(3)16-11(4)14-12/h8-9,13,15H,5-7H2,1-4H3. The molecule has 92 valence electrons. The SMILES string of the molecule is Cc1nc(C(C)NCC(C)CCO)c(C)s1. The van der Waals surface area contributed by atoms with Gasteiger partial charge in [-0.2, -0.15) is 0 Å². The Labute approximate surface area is 102 Å². The van der Waals surface area contributed by atoms with Crippen molar-refractivity contribution in [3.63, 3.8) is 0 Å². The van der Waals surface area contributed by atoms with E-state index in [-0.39, 0.29) is 6.61 Å². The van der Waals surface area contributed by atoms with E-state index >= 15 is 0 Å². The van der Waals surface area contributed by atoms with Crippen LogP contribution in [0.2, 0.25) is 0 Å². The summed E-state index contributed by atoms with van der Waals surface area (Å²) in [6.45, 7) is 9.66. The first-order chi connectivity index (χ1) is 7.54. The topological polar surface area (TPSA) is 45.2 Å². The largest absolute Gasteiger partial charge is 0.396 e. The molecule has 0 amide bonds. The number of aliphatic hydroxyl groups excluding tert-OH is 1. The van der Waals surface area contributed by atoms with E-state index in [0.29, 0.717) is 12.0 Å². The van der Waals surface area contributed by atoms with Gasteiger partial charge in [0, 0.05) is 17.5 Å². The zero-order valence-corrected chi connectivity index (χ0v) is 11.4. The molecule has 2 N–H and O–H groups in total. The van der Waals surface area contributed by atoms with E-state index in [1.807, 2.05) is 6.92 Å². The molecule has 0 aliphatic carbocycles. The molecule has 2 unspecified atom stereocenters. The van der Waals surface area contributed by atoms with Gasteiger partial charge in [-0.05, 0) is 39.7 Å². The van der Waals surface area contributed by atoms with Gasteiger partial charge >= 0.3 is 0 Å². The highest BCUT2D eigenvalue weighted by Gasteiger charge is 2.13. The lowest BCUT2D eigenvalue weighted by atomic mass is 10.1. The Morgan fingerprint density at radius 2 is 2.06 bits per heavy atom. The van der Waals surface area contributed by atoms with Crippen LogP contribution in [0.15, 0.2) is 0 Å². The van der Waals surface area contributed by atoms with Crippen LogP contribution in [-0.2, 0) is 0 Å². The monoisotopic (exact) mass is 242 g/mol. The number of hydrogen-bond donors (Lipinski definition) is 2. The minimum absolute atomic E-state index is 0.270. The van der Waals surface area contributed by atoms with Crippen LogP contribution in [0.3, 0.4) is 0 Å². The van der Waals surface area contributed by atoms with Crippen molar-refractivity contribution in [2.24, 2.45) is 5.92 Å². The summed E-state index contributed by atoms with van der Waals surface area (Å²) in [5.41, 5.74) is 1.17. The van der Waals surface area contributed by atoms with E-state index in [9.17, 15) is 0 Å². The Kier molecular flexibility index (Phi) is 5.38. The fourth-order valence-electron chi connectivity index (χ4n) is 1.74. The lowest BCUT2D eigenvalue weighted by Gasteiger charge is -2.16. The maximum Gasteiger partial charge on any atom is 0.0900 e. The highest BCUT2D eigenvalue weighted by Crippen LogP contribution is 2.22. The molecule has 0 aliphatic heterocycles. The van der Waals surface area contributed by atoms with E-state index in [1.54, 1.807) is 11.3 Å². The zero-order chi connectivity index (χ0) is 12.1. The van der Waals surface area contributed by atoms with Gasteiger partial charge in [0.15, 0.2) is 0 Å². The summed E-state index contributed by atoms with van der Waals surface area (Å²) in [5, 5.41) is 13.4. The maximum atomic E-state index is 8.83. The quantitative estimate of drug-likeness (QED) is 0.805. The maximum absolute atomic E-state index is 8.83. The van der Waals surface area contributed by atoms with Gasteiger partial charge in [-0.3, -0.25) is 0 Å². The van der Waals surface area contributed by atoms with Gasteiger partial charge in [-0.25, -0.2) is 4.98 Å². The number of hydrogen-bond acceptors (Lipinski definition) is 4. The number of nitrogens with zero attached hydrogens (tertiary/aromatic N) is 1. The number of nitrogens with one attached hydrogen (secondary N) is 1. The molecule has 0 radical (unpaired) electrons. The van der Waals surface area contributed by atoms with Gasteiger partial charge < -0.3 is 10.4 Å². The first kappa shape index (κ1) is 13.6. The minimum atomic E-state index is 0.270. The van der Waals surface area contributed by atoms with Crippen molar-refractivity contribution in [3.8, 4) is 0 Å². The summed E-state index contributed by atoms with van der Waals surface area (Å²) >= 11 is 1.75. The number of thiazole rings is 1. The zero-order valence-electron chi connectivity index (χ0n) is 10.6. The van der Waals surface area contributed by atoms with E-state index in [2.05, 4.69) is 31.1 Å². The molecule has 0 spiro atoms. The molecule has 2 atom stereocenters. The molecule has 16 heavy (non-hydrogen) atoms. The van der Waals surface area contributed by atoms with Gasteiger partial charge in [0.1, 0.15) is 0 Å². The molecule has 1 rings (SSSR count). The lowest BCUT2D eigenvalue weighted by Crippen LogP contribution is -2.25. The van der Waals surface area contributed by atoms with Crippen LogP contribution in [-0.4, -0.2) is 23.2 Å². The number of aryl methyl sites for hydroxylation is 2. The third-order valence-corrected chi connectivity index (χ3v) is 3.65. The van der Waals surface area contributed by atoms with Crippen LogP contribution in [0.5, 0.6) is 0 Å². The highest BCUT2D eigenvalue weighted by atomic mass is 32.1. The van der Waals surface area contributed by atoms with Crippen molar-refractivity contribution in [3.05, 3.63) is 15.6 Å². The van der Waals surface area contributed by atoms with Crippen molar-refractivity contribution in [2.45, 2.75) is 40.2 Å². The Bertz CT molecular complexity index is 325. The molecular formula is C12H22N2OS. The summed E-state index contributed by atoms with van der Waals surface area (Å²) in [5.74, 6) is 0.507. The van der Waals surface area contributed by atoms with Crippen molar-refractivity contribution in [1.82, 2.24) is 10.3 Å².